The summed E-state index contributed by atoms with van der Waals surface area (Å²) < 4.78 is 11.9. The Kier molecular flexibility index (Phi) is 8.48. The minimum atomic E-state index is -0.280. The third-order valence-corrected chi connectivity index (χ3v) is 5.78. The maximum absolute atomic E-state index is 13.4. The molecule has 174 valence electrons. The second kappa shape index (κ2) is 11.5. The molecular weight excluding hydrogens is 442 g/mol. The highest BCUT2D eigenvalue weighted by atomic mass is 32.2. The first-order chi connectivity index (χ1) is 15.9. The van der Waals surface area contributed by atoms with Crippen molar-refractivity contribution in [2.24, 2.45) is 0 Å². The Balaban J connectivity index is 1.83. The number of methoxy groups -OCH3 is 1. The normalized spacial score (nSPS) is 10.8. The van der Waals surface area contributed by atoms with Gasteiger partial charge in [0.15, 0.2) is 5.16 Å². The Morgan fingerprint density at radius 2 is 1.97 bits per heavy atom. The topological polar surface area (TPSA) is 99.5 Å². The highest BCUT2D eigenvalue weighted by Gasteiger charge is 2.17. The largest absolute Gasteiger partial charge is 0.495 e. The minimum absolute atomic E-state index is 0.0678. The number of hydrogen-bond acceptors (Lipinski definition) is 7. The van der Waals surface area contributed by atoms with Crippen LogP contribution < -0.4 is 15.6 Å². The molecule has 0 aliphatic rings. The first kappa shape index (κ1) is 24.3. The van der Waals surface area contributed by atoms with Crippen LogP contribution in [0.5, 0.6) is 5.75 Å². The van der Waals surface area contributed by atoms with E-state index in [4.69, 9.17) is 9.47 Å². The van der Waals surface area contributed by atoms with Crippen LogP contribution in [0, 0.1) is 6.92 Å². The number of carbonyl (C=O) groups is 2. The van der Waals surface area contributed by atoms with Gasteiger partial charge in [-0.3, -0.25) is 19.0 Å². The molecule has 0 aliphatic heterocycles. The van der Waals surface area contributed by atoms with Crippen LogP contribution in [-0.2, 0) is 14.3 Å². The lowest BCUT2D eigenvalue weighted by atomic mass is 10.2. The summed E-state index contributed by atoms with van der Waals surface area (Å²) in [5.41, 5.74) is 1.85. The lowest BCUT2D eigenvalue weighted by molar-refractivity contribution is -0.143. The molecule has 33 heavy (non-hydrogen) atoms. The Labute approximate surface area is 196 Å². The average molecular weight is 470 g/mol. The fourth-order valence-corrected chi connectivity index (χ4v) is 4.11. The summed E-state index contributed by atoms with van der Waals surface area (Å²) in [7, 11) is 1.55. The van der Waals surface area contributed by atoms with Crippen molar-refractivity contribution in [2.45, 2.75) is 31.8 Å². The van der Waals surface area contributed by atoms with E-state index in [2.05, 4.69) is 10.3 Å². The van der Waals surface area contributed by atoms with Crippen LogP contribution in [0.2, 0.25) is 0 Å². The van der Waals surface area contributed by atoms with Gasteiger partial charge in [-0.05, 0) is 50.1 Å². The Bertz CT molecular complexity index is 1210. The highest BCUT2D eigenvalue weighted by molar-refractivity contribution is 7.99. The van der Waals surface area contributed by atoms with Crippen molar-refractivity contribution in [3.8, 4) is 11.4 Å². The van der Waals surface area contributed by atoms with Crippen LogP contribution in [-0.4, -0.2) is 47.4 Å². The molecule has 3 rings (SSSR count). The Morgan fingerprint density at radius 1 is 1.18 bits per heavy atom. The third-order valence-electron chi connectivity index (χ3n) is 4.84. The van der Waals surface area contributed by atoms with Gasteiger partial charge in [0, 0.05) is 13.0 Å². The van der Waals surface area contributed by atoms with Gasteiger partial charge < -0.3 is 14.8 Å². The highest BCUT2D eigenvalue weighted by Crippen LogP contribution is 2.28. The summed E-state index contributed by atoms with van der Waals surface area (Å²) in [6.45, 7) is 4.39. The first-order valence-electron chi connectivity index (χ1n) is 10.7. The maximum atomic E-state index is 13.4. The molecule has 9 heteroatoms. The fraction of sp³-hybridized carbons (Fsp3) is 0.333. The zero-order chi connectivity index (χ0) is 23.8. The molecule has 0 radical (unpaired) electrons. The summed E-state index contributed by atoms with van der Waals surface area (Å²) in [5.74, 6) is 0.106. The van der Waals surface area contributed by atoms with Crippen LogP contribution in [0.1, 0.15) is 25.3 Å². The number of benzene rings is 2. The van der Waals surface area contributed by atoms with Crippen molar-refractivity contribution < 1.29 is 19.1 Å². The zero-order valence-corrected chi connectivity index (χ0v) is 19.7. The standard InChI is InChI=1S/C24H27N3O5S/c1-4-32-22(29)10-7-13-25-21(28)15-33-24-26-18-9-6-5-8-17(18)23(30)27(24)19-14-16(2)11-12-20(19)31-3/h5-6,8-9,11-12,14H,4,7,10,13,15H2,1-3H3,(H,25,28). The van der Waals surface area contributed by atoms with Crippen LogP contribution in [0.15, 0.2) is 52.4 Å². The molecular formula is C24H27N3O5S. The number of fused-ring (bicyclic) bond motifs is 1. The number of ether oxygens (including phenoxy) is 2. The molecule has 2 aromatic carbocycles. The van der Waals surface area contributed by atoms with E-state index in [0.29, 0.717) is 47.1 Å². The summed E-state index contributed by atoms with van der Waals surface area (Å²) in [4.78, 5) is 41.8. The van der Waals surface area contributed by atoms with Gasteiger partial charge in [0.1, 0.15) is 5.75 Å². The van der Waals surface area contributed by atoms with E-state index < -0.39 is 0 Å². The van der Waals surface area contributed by atoms with E-state index in [9.17, 15) is 14.4 Å². The number of amides is 1. The molecule has 0 fully saturated rings. The number of rotatable bonds is 10. The quantitative estimate of drug-likeness (QED) is 0.211. The summed E-state index contributed by atoms with van der Waals surface area (Å²) >= 11 is 1.17. The Morgan fingerprint density at radius 3 is 2.73 bits per heavy atom. The lowest BCUT2D eigenvalue weighted by Gasteiger charge is -2.16. The molecule has 0 saturated heterocycles. The van der Waals surface area contributed by atoms with Gasteiger partial charge in [0.2, 0.25) is 5.91 Å². The molecule has 0 spiro atoms. The number of nitrogens with zero attached hydrogens (tertiary/aromatic N) is 2. The minimum Gasteiger partial charge on any atom is -0.495 e. The van der Waals surface area contributed by atoms with Gasteiger partial charge in [0.05, 0.1) is 36.1 Å². The van der Waals surface area contributed by atoms with Gasteiger partial charge >= 0.3 is 5.97 Å². The molecule has 8 nitrogen and oxygen atoms in total. The number of aryl methyl sites for hydroxylation is 1. The number of thioether (sulfide) groups is 1. The van der Waals surface area contributed by atoms with Crippen LogP contribution in [0.25, 0.3) is 16.6 Å². The molecule has 0 saturated carbocycles. The second-order valence-electron chi connectivity index (χ2n) is 7.27. The third kappa shape index (κ3) is 6.13. The summed E-state index contributed by atoms with van der Waals surface area (Å²) in [6, 6.07) is 12.7. The molecule has 3 aromatic rings. The lowest BCUT2D eigenvalue weighted by Crippen LogP contribution is -2.28. The van der Waals surface area contributed by atoms with E-state index in [-0.39, 0.29) is 29.6 Å². The molecule has 1 heterocycles. The maximum Gasteiger partial charge on any atom is 0.305 e. The monoisotopic (exact) mass is 469 g/mol. The zero-order valence-electron chi connectivity index (χ0n) is 18.9. The van der Waals surface area contributed by atoms with Crippen molar-refractivity contribution in [1.29, 1.82) is 0 Å². The molecule has 1 N–H and O–H groups in total. The molecule has 0 aliphatic carbocycles. The predicted octanol–water partition coefficient (Wildman–Crippen LogP) is 3.25. The van der Waals surface area contributed by atoms with Crippen LogP contribution in [0.3, 0.4) is 0 Å². The van der Waals surface area contributed by atoms with Gasteiger partial charge in [-0.1, -0.05) is 30.0 Å². The van der Waals surface area contributed by atoms with E-state index in [1.165, 1.54) is 16.3 Å². The van der Waals surface area contributed by atoms with Crippen LogP contribution in [0.4, 0.5) is 0 Å². The number of esters is 1. The number of hydrogen-bond donors (Lipinski definition) is 1. The van der Waals surface area contributed by atoms with E-state index in [1.54, 1.807) is 38.3 Å². The van der Waals surface area contributed by atoms with Crippen LogP contribution >= 0.6 is 11.8 Å². The fourth-order valence-electron chi connectivity index (χ4n) is 3.27. The number of nitrogens with one attached hydrogen (secondary N) is 1. The number of para-hydroxylation sites is 1. The summed E-state index contributed by atoms with van der Waals surface area (Å²) in [6.07, 6.45) is 0.745. The first-order valence-corrected chi connectivity index (χ1v) is 11.6. The smallest absolute Gasteiger partial charge is 0.305 e. The van der Waals surface area contributed by atoms with Crippen molar-refractivity contribution >= 4 is 34.5 Å². The van der Waals surface area contributed by atoms with Crippen molar-refractivity contribution in [2.75, 3.05) is 26.0 Å². The van der Waals surface area contributed by atoms with Gasteiger partial charge in [0.25, 0.3) is 5.56 Å². The number of aromatic nitrogens is 2. The molecule has 1 aromatic heterocycles. The second-order valence-corrected chi connectivity index (χ2v) is 8.22. The predicted molar refractivity (Wildman–Crippen MR) is 128 cm³/mol. The average Bonchev–Trinajstić information content (AvgIpc) is 2.81. The molecule has 1 amide bonds. The molecule has 0 unspecified atom stereocenters. The van der Waals surface area contributed by atoms with E-state index in [1.807, 2.05) is 25.1 Å². The summed E-state index contributed by atoms with van der Waals surface area (Å²) in [5, 5.41) is 3.66. The Hall–Kier alpha value is -3.33. The van der Waals surface area contributed by atoms with Gasteiger partial charge in [-0.25, -0.2) is 4.98 Å². The molecule has 0 bridgehead atoms. The van der Waals surface area contributed by atoms with E-state index in [0.717, 1.165) is 5.56 Å². The van der Waals surface area contributed by atoms with Gasteiger partial charge in [-0.2, -0.15) is 0 Å². The van der Waals surface area contributed by atoms with E-state index >= 15 is 0 Å². The number of carbonyl (C=O) groups excluding carboxylic acids is 2. The van der Waals surface area contributed by atoms with Crippen molar-refractivity contribution in [3.05, 3.63) is 58.4 Å². The van der Waals surface area contributed by atoms with Crippen molar-refractivity contribution in [1.82, 2.24) is 14.9 Å². The SMILES string of the molecule is CCOC(=O)CCCNC(=O)CSc1nc2ccccc2c(=O)n1-c1cc(C)ccc1OC. The van der Waals surface area contributed by atoms with Gasteiger partial charge in [-0.15, -0.1) is 0 Å². The van der Waals surface area contributed by atoms with Crippen molar-refractivity contribution in [3.63, 3.8) is 0 Å². The molecule has 0 atom stereocenters.